The molecule has 0 amide bonds. The molecule has 0 radical (unpaired) electrons. The molecule has 0 aliphatic heterocycles. The maximum absolute atomic E-state index is 2.93. The van der Waals surface area contributed by atoms with Gasteiger partial charge in [0, 0.05) is 0 Å². The summed E-state index contributed by atoms with van der Waals surface area (Å²) in [5, 5.41) is 0. The van der Waals surface area contributed by atoms with Crippen LogP contribution in [0.15, 0.2) is 0 Å². The molecular weight excluding hydrogens is 528 g/mol. The molecule has 6 aliphatic carbocycles. The molecule has 0 aromatic rings. The van der Waals surface area contributed by atoms with E-state index >= 15 is 0 Å². The third kappa shape index (κ3) is 5.64. The van der Waals surface area contributed by atoms with Gasteiger partial charge in [-0.2, -0.15) is 0 Å². The van der Waals surface area contributed by atoms with E-state index in [1.54, 1.807) is 89.9 Å². The Hall–Kier alpha value is 1.10. The van der Waals surface area contributed by atoms with Crippen molar-refractivity contribution in [2.45, 2.75) is 128 Å². The van der Waals surface area contributed by atoms with Gasteiger partial charge in [0.15, 0.2) is 0 Å². The Bertz CT molecular complexity index is 606. The van der Waals surface area contributed by atoms with Crippen molar-refractivity contribution in [2.75, 3.05) is 0 Å². The van der Waals surface area contributed by atoms with E-state index in [0.29, 0.717) is 0 Å². The van der Waals surface area contributed by atoms with E-state index in [2.05, 4.69) is 26.9 Å². The summed E-state index contributed by atoms with van der Waals surface area (Å²) in [6.07, 6.45) is 22.2. The second-order valence-electron chi connectivity index (χ2n) is 14.5. The second-order valence-corrected chi connectivity index (χ2v) is 19.5. The van der Waals surface area contributed by atoms with Crippen LogP contribution in [0.25, 0.3) is 0 Å². The maximum atomic E-state index is 2.93. The Morgan fingerprint density at radius 3 is 1.19 bits per heavy atom. The van der Waals surface area contributed by atoms with Crippen LogP contribution in [0.3, 0.4) is 0 Å². The summed E-state index contributed by atoms with van der Waals surface area (Å²) in [5.41, 5.74) is 2.30. The Morgan fingerprint density at radius 2 is 0.806 bits per heavy atom. The van der Waals surface area contributed by atoms with E-state index < -0.39 is 8.07 Å². The molecule has 0 N–H and O–H groups in total. The summed E-state index contributed by atoms with van der Waals surface area (Å²) in [6, 6.07) is 0. The van der Waals surface area contributed by atoms with Crippen LogP contribution < -0.4 is 0 Å². The quantitative estimate of drug-likeness (QED) is 0.221. The average molecular weight is 592 g/mol. The summed E-state index contributed by atoms with van der Waals surface area (Å²) >= 11 is 0. The molecule has 0 nitrogen and oxygen atoms in total. The van der Waals surface area contributed by atoms with Gasteiger partial charge in [-0.15, -0.1) is 0 Å². The smallest absolute Gasteiger partial charge is 0.358 e. The SMILES string of the molecule is CC1CC2C3CCCCC3CCC2C1[Si](C)(C)C1C(C)CC2C3CCCCC3CCC21.[CH3-].[CH3-].[CH3-].[CH3-].[Zr+4]. The van der Waals surface area contributed by atoms with Crippen LogP contribution in [0, 0.1) is 88.9 Å². The van der Waals surface area contributed by atoms with Crippen molar-refractivity contribution >= 4 is 8.07 Å². The van der Waals surface area contributed by atoms with Gasteiger partial charge in [-0.1, -0.05) is 65.5 Å². The Kier molecular flexibility index (Phi) is 13.3. The minimum Gasteiger partial charge on any atom is -0.358 e. The van der Waals surface area contributed by atoms with E-state index in [4.69, 9.17) is 0 Å². The van der Waals surface area contributed by atoms with E-state index in [1.807, 2.05) is 0 Å². The number of hydrogen-bond donors (Lipinski definition) is 0. The average Bonchev–Trinajstić information content (AvgIpc) is 3.30. The first-order valence-corrected chi connectivity index (χ1v) is 18.1. The number of rotatable bonds is 2. The largest absolute Gasteiger partial charge is 4.00 e. The molecule has 0 aromatic heterocycles. The van der Waals surface area contributed by atoms with Gasteiger partial charge in [-0.3, -0.25) is 0 Å². The fourth-order valence-electron chi connectivity index (χ4n) is 12.6. The summed E-state index contributed by atoms with van der Waals surface area (Å²) in [4.78, 5) is 0. The number of hydrogen-bond acceptors (Lipinski definition) is 0. The van der Waals surface area contributed by atoms with Gasteiger partial charge in [0.25, 0.3) is 0 Å². The molecule has 0 aromatic carbocycles. The normalized spacial score (nSPS) is 47.0. The van der Waals surface area contributed by atoms with Crippen LogP contribution in [0.1, 0.15) is 104 Å². The molecule has 6 fully saturated rings. The summed E-state index contributed by atoms with van der Waals surface area (Å²) in [6.45, 7) is 11.3. The molecule has 6 aliphatic rings. The van der Waals surface area contributed by atoms with Gasteiger partial charge >= 0.3 is 26.2 Å². The van der Waals surface area contributed by atoms with Crippen molar-refractivity contribution in [3.63, 3.8) is 0 Å². The van der Waals surface area contributed by atoms with Crippen LogP contribution in [0.4, 0.5) is 0 Å². The first-order valence-electron chi connectivity index (χ1n) is 15.0. The molecule has 0 heterocycles. The zero-order valence-corrected chi connectivity index (χ0v) is 29.3. The van der Waals surface area contributed by atoms with E-state index in [1.165, 1.54) is 0 Å². The summed E-state index contributed by atoms with van der Waals surface area (Å²) in [7, 11) is -1.29. The summed E-state index contributed by atoms with van der Waals surface area (Å²) in [5.74, 6) is 11.1. The molecular formula is C34H64SiZr. The zero-order valence-electron chi connectivity index (χ0n) is 25.8. The van der Waals surface area contributed by atoms with E-state index in [9.17, 15) is 0 Å². The molecule has 0 bridgehead atoms. The standard InChI is InChI=1S/C30H52Si.4CH3.Zr/c1-19-17-27-23-11-7-5-9-21(23)13-15-25(27)29(19)31(3,4)30-20(2)18-28-24-12-8-6-10-22(24)14-16-26(28)30;;;;;/h19-30H,5-18H2,1-4H3;4*1H3;/q;4*-1;+4. The van der Waals surface area contributed by atoms with Crippen molar-refractivity contribution in [3.05, 3.63) is 29.7 Å². The Morgan fingerprint density at radius 1 is 0.444 bits per heavy atom. The molecule has 6 rings (SSSR count). The van der Waals surface area contributed by atoms with Crippen LogP contribution in [-0.2, 0) is 26.2 Å². The molecule has 208 valence electrons. The van der Waals surface area contributed by atoms with Crippen molar-refractivity contribution in [1.82, 2.24) is 0 Å². The maximum Gasteiger partial charge on any atom is 4.00 e. The monoisotopic (exact) mass is 590 g/mol. The second kappa shape index (κ2) is 13.6. The molecule has 2 heteroatoms. The fraction of sp³-hybridized carbons (Fsp3) is 0.882. The Labute approximate surface area is 249 Å². The third-order valence-corrected chi connectivity index (χ3v) is 18.5. The van der Waals surface area contributed by atoms with Crippen LogP contribution in [0.2, 0.25) is 24.2 Å². The third-order valence-electron chi connectivity index (χ3n) is 13.0. The molecule has 12 atom stereocenters. The first-order chi connectivity index (χ1) is 15.0. The van der Waals surface area contributed by atoms with E-state index in [0.717, 1.165) is 70.3 Å². The topological polar surface area (TPSA) is 0 Å². The first kappa shape index (κ1) is 35.1. The summed E-state index contributed by atoms with van der Waals surface area (Å²) < 4.78 is 0. The predicted octanol–water partition coefficient (Wildman–Crippen LogP) is 11.0. The van der Waals surface area contributed by atoms with Gasteiger partial charge in [0.2, 0.25) is 0 Å². The Balaban J connectivity index is 0.00000130. The molecule has 6 saturated carbocycles. The van der Waals surface area contributed by atoms with Crippen molar-refractivity contribution in [3.8, 4) is 0 Å². The van der Waals surface area contributed by atoms with Crippen LogP contribution >= 0.6 is 0 Å². The van der Waals surface area contributed by atoms with Gasteiger partial charge in [-0.25, -0.2) is 0 Å². The number of fused-ring (bicyclic) bond motifs is 6. The van der Waals surface area contributed by atoms with Crippen molar-refractivity contribution in [1.29, 1.82) is 0 Å². The van der Waals surface area contributed by atoms with E-state index in [-0.39, 0.29) is 55.9 Å². The molecule has 36 heavy (non-hydrogen) atoms. The van der Waals surface area contributed by atoms with Crippen LogP contribution in [0.5, 0.6) is 0 Å². The zero-order chi connectivity index (χ0) is 21.3. The minimum atomic E-state index is -1.29. The fourth-order valence-corrected chi connectivity index (χ4v) is 19.3. The van der Waals surface area contributed by atoms with Crippen LogP contribution in [-0.4, -0.2) is 8.07 Å². The molecule has 12 unspecified atom stereocenters. The molecule has 0 saturated heterocycles. The van der Waals surface area contributed by atoms with Crippen molar-refractivity contribution < 1.29 is 26.2 Å². The minimum absolute atomic E-state index is 0. The predicted molar refractivity (Wildman–Crippen MR) is 162 cm³/mol. The van der Waals surface area contributed by atoms with Gasteiger partial charge in [0.05, 0.1) is 8.07 Å². The van der Waals surface area contributed by atoms with Crippen molar-refractivity contribution in [2.24, 2.45) is 59.2 Å². The molecule has 0 spiro atoms. The van der Waals surface area contributed by atoms with Gasteiger partial charge in [0.1, 0.15) is 0 Å². The van der Waals surface area contributed by atoms with Gasteiger partial charge < -0.3 is 29.7 Å². The van der Waals surface area contributed by atoms with Gasteiger partial charge in [-0.05, 0) is 122 Å².